The Kier molecular flexibility index (Phi) is 5.42. The first-order chi connectivity index (χ1) is 11.3. The SMILES string of the molecule is CC(=O)c1ccc(S(=O)(=O)NNC(=O)Cc2ccc(F)cc2)cc1. The molecule has 0 fully saturated rings. The van der Waals surface area contributed by atoms with E-state index in [4.69, 9.17) is 0 Å². The van der Waals surface area contributed by atoms with Crippen molar-refractivity contribution in [3.8, 4) is 0 Å². The highest BCUT2D eigenvalue weighted by molar-refractivity contribution is 7.89. The number of hydrogen-bond donors (Lipinski definition) is 2. The molecule has 8 heteroatoms. The minimum absolute atomic E-state index is 0.0883. The number of hydrazine groups is 1. The maximum atomic E-state index is 12.8. The molecule has 6 nitrogen and oxygen atoms in total. The number of carbonyl (C=O) groups is 2. The Balaban J connectivity index is 1.97. The zero-order chi connectivity index (χ0) is 17.7. The monoisotopic (exact) mass is 350 g/mol. The number of rotatable bonds is 6. The van der Waals surface area contributed by atoms with Crippen LogP contribution in [0.15, 0.2) is 53.4 Å². The molecule has 0 saturated heterocycles. The smallest absolute Gasteiger partial charge is 0.257 e. The van der Waals surface area contributed by atoms with Gasteiger partial charge in [-0.05, 0) is 36.8 Å². The van der Waals surface area contributed by atoms with Crippen LogP contribution in [0.25, 0.3) is 0 Å². The highest BCUT2D eigenvalue weighted by Crippen LogP contribution is 2.10. The number of benzene rings is 2. The molecule has 0 saturated carbocycles. The lowest BCUT2D eigenvalue weighted by Gasteiger charge is -2.09. The summed E-state index contributed by atoms with van der Waals surface area (Å²) in [6.07, 6.45) is -0.105. The van der Waals surface area contributed by atoms with Crippen molar-refractivity contribution in [1.82, 2.24) is 10.3 Å². The Hall–Kier alpha value is -2.58. The van der Waals surface area contributed by atoms with Gasteiger partial charge >= 0.3 is 0 Å². The summed E-state index contributed by atoms with van der Waals surface area (Å²) in [5.74, 6) is -1.20. The maximum Gasteiger partial charge on any atom is 0.257 e. The molecule has 24 heavy (non-hydrogen) atoms. The molecule has 0 heterocycles. The van der Waals surface area contributed by atoms with Crippen LogP contribution in [-0.4, -0.2) is 20.1 Å². The highest BCUT2D eigenvalue weighted by Gasteiger charge is 2.15. The van der Waals surface area contributed by atoms with Gasteiger partial charge in [-0.15, -0.1) is 4.83 Å². The fourth-order valence-electron chi connectivity index (χ4n) is 1.88. The first kappa shape index (κ1) is 17.8. The van der Waals surface area contributed by atoms with Gasteiger partial charge in [0.15, 0.2) is 5.78 Å². The van der Waals surface area contributed by atoms with Gasteiger partial charge in [0.2, 0.25) is 5.91 Å². The van der Waals surface area contributed by atoms with E-state index in [1.165, 1.54) is 55.5 Å². The molecule has 0 spiro atoms. The first-order valence-electron chi connectivity index (χ1n) is 6.94. The number of amides is 1. The van der Waals surface area contributed by atoms with E-state index in [-0.39, 0.29) is 17.1 Å². The molecule has 2 aromatic rings. The van der Waals surface area contributed by atoms with Crippen molar-refractivity contribution < 1.29 is 22.4 Å². The number of sulfonamides is 1. The topological polar surface area (TPSA) is 92.3 Å². The van der Waals surface area contributed by atoms with Gasteiger partial charge in [-0.3, -0.25) is 15.0 Å². The zero-order valence-corrected chi connectivity index (χ0v) is 13.6. The minimum atomic E-state index is -3.95. The van der Waals surface area contributed by atoms with Crippen LogP contribution < -0.4 is 10.3 Å². The predicted molar refractivity (Wildman–Crippen MR) is 85.0 cm³/mol. The molecule has 2 N–H and O–H groups in total. The summed E-state index contributed by atoms with van der Waals surface area (Å²) < 4.78 is 36.9. The summed E-state index contributed by atoms with van der Waals surface area (Å²) in [4.78, 5) is 24.8. The fourth-order valence-corrected chi connectivity index (χ4v) is 2.74. The molecule has 0 atom stereocenters. The summed E-state index contributed by atoms with van der Waals surface area (Å²) in [7, 11) is -3.95. The van der Waals surface area contributed by atoms with E-state index < -0.39 is 21.7 Å². The largest absolute Gasteiger partial charge is 0.295 e. The van der Waals surface area contributed by atoms with Crippen LogP contribution in [0.5, 0.6) is 0 Å². The molecular weight excluding hydrogens is 335 g/mol. The van der Waals surface area contributed by atoms with E-state index in [0.29, 0.717) is 11.1 Å². The molecule has 2 rings (SSSR count). The summed E-state index contributed by atoms with van der Waals surface area (Å²) >= 11 is 0. The normalized spacial score (nSPS) is 11.1. The lowest BCUT2D eigenvalue weighted by molar-refractivity contribution is -0.120. The van der Waals surface area contributed by atoms with Gasteiger partial charge in [-0.25, -0.2) is 12.8 Å². The molecule has 2 aromatic carbocycles. The molecule has 0 unspecified atom stereocenters. The first-order valence-corrected chi connectivity index (χ1v) is 8.42. The van der Waals surface area contributed by atoms with E-state index in [1.54, 1.807) is 0 Å². The Morgan fingerprint density at radius 3 is 2.12 bits per heavy atom. The Morgan fingerprint density at radius 1 is 1.00 bits per heavy atom. The van der Waals surface area contributed by atoms with Gasteiger partial charge < -0.3 is 0 Å². The molecule has 0 aliphatic carbocycles. The quantitative estimate of drug-likeness (QED) is 0.611. The van der Waals surface area contributed by atoms with E-state index in [2.05, 4.69) is 5.43 Å². The highest BCUT2D eigenvalue weighted by atomic mass is 32.2. The van der Waals surface area contributed by atoms with Crippen molar-refractivity contribution >= 4 is 21.7 Å². The van der Waals surface area contributed by atoms with Crippen molar-refractivity contribution in [3.63, 3.8) is 0 Å². The molecular formula is C16H15FN2O4S. The van der Waals surface area contributed by atoms with Crippen molar-refractivity contribution in [2.24, 2.45) is 0 Å². The predicted octanol–water partition coefficient (Wildman–Crippen LogP) is 1.58. The van der Waals surface area contributed by atoms with Gasteiger partial charge in [-0.2, -0.15) is 0 Å². The zero-order valence-electron chi connectivity index (χ0n) is 12.7. The average molecular weight is 350 g/mol. The third kappa shape index (κ3) is 4.71. The number of carbonyl (C=O) groups excluding carboxylic acids is 2. The molecule has 0 radical (unpaired) electrons. The molecule has 0 aliphatic heterocycles. The van der Waals surface area contributed by atoms with Crippen LogP contribution in [0.4, 0.5) is 4.39 Å². The van der Waals surface area contributed by atoms with Crippen molar-refractivity contribution in [1.29, 1.82) is 0 Å². The number of ketones is 1. The van der Waals surface area contributed by atoms with Gasteiger partial charge in [0, 0.05) is 5.56 Å². The summed E-state index contributed by atoms with van der Waals surface area (Å²) in [6, 6.07) is 10.6. The number of nitrogens with one attached hydrogen (secondary N) is 2. The lowest BCUT2D eigenvalue weighted by Crippen LogP contribution is -2.42. The Morgan fingerprint density at radius 2 is 1.58 bits per heavy atom. The van der Waals surface area contributed by atoms with E-state index in [1.807, 2.05) is 4.83 Å². The molecule has 126 valence electrons. The van der Waals surface area contributed by atoms with Crippen molar-refractivity contribution in [2.75, 3.05) is 0 Å². The van der Waals surface area contributed by atoms with E-state index >= 15 is 0 Å². The van der Waals surface area contributed by atoms with Gasteiger partial charge in [-0.1, -0.05) is 24.3 Å². The van der Waals surface area contributed by atoms with E-state index in [9.17, 15) is 22.4 Å². The van der Waals surface area contributed by atoms with Crippen LogP contribution in [0.1, 0.15) is 22.8 Å². The van der Waals surface area contributed by atoms with Crippen molar-refractivity contribution in [2.45, 2.75) is 18.2 Å². The lowest BCUT2D eigenvalue weighted by atomic mass is 10.1. The summed E-state index contributed by atoms with van der Waals surface area (Å²) in [5, 5.41) is 0. The third-order valence-corrected chi connectivity index (χ3v) is 4.44. The van der Waals surface area contributed by atoms with Crippen LogP contribution in [0, 0.1) is 5.82 Å². The van der Waals surface area contributed by atoms with E-state index in [0.717, 1.165) is 0 Å². The molecule has 0 aromatic heterocycles. The van der Waals surface area contributed by atoms with Crippen molar-refractivity contribution in [3.05, 3.63) is 65.5 Å². The van der Waals surface area contributed by atoms with Crippen LogP contribution in [-0.2, 0) is 21.2 Å². The summed E-state index contributed by atoms with van der Waals surface area (Å²) in [5.41, 5.74) is 3.01. The second-order valence-electron chi connectivity index (χ2n) is 5.04. The molecule has 1 amide bonds. The fraction of sp³-hybridized carbons (Fsp3) is 0.125. The number of halogens is 1. The molecule has 0 bridgehead atoms. The van der Waals surface area contributed by atoms with Gasteiger partial charge in [0.1, 0.15) is 5.82 Å². The van der Waals surface area contributed by atoms with Gasteiger partial charge in [0.25, 0.3) is 10.0 Å². The number of Topliss-reactive ketones (excluding diaryl/α,β-unsaturated/α-hetero) is 1. The van der Waals surface area contributed by atoms with Gasteiger partial charge in [0.05, 0.1) is 11.3 Å². The van der Waals surface area contributed by atoms with Crippen LogP contribution in [0.2, 0.25) is 0 Å². The second kappa shape index (κ2) is 7.33. The number of hydrogen-bond acceptors (Lipinski definition) is 4. The maximum absolute atomic E-state index is 12.8. The summed E-state index contributed by atoms with van der Waals surface area (Å²) in [6.45, 7) is 1.37. The van der Waals surface area contributed by atoms with Crippen LogP contribution >= 0.6 is 0 Å². The molecule has 0 aliphatic rings. The Labute approximate surface area is 138 Å². The minimum Gasteiger partial charge on any atom is -0.295 e. The van der Waals surface area contributed by atoms with Crippen LogP contribution in [0.3, 0.4) is 0 Å². The average Bonchev–Trinajstić information content (AvgIpc) is 2.55. The second-order valence-corrected chi connectivity index (χ2v) is 6.72. The standard InChI is InChI=1S/C16H15FN2O4S/c1-11(20)13-4-8-15(9-5-13)24(22,23)19-18-16(21)10-12-2-6-14(17)7-3-12/h2-9,19H,10H2,1H3,(H,18,21). The third-order valence-electron chi connectivity index (χ3n) is 3.17. The Bertz CT molecular complexity index is 847.